The Bertz CT molecular complexity index is 1040. The molecule has 0 fully saturated rings. The number of methoxy groups -OCH3 is 1. The molecule has 3 rings (SSSR count). The average molecular weight is 405 g/mol. The Morgan fingerprint density at radius 3 is 2.53 bits per heavy atom. The van der Waals surface area contributed by atoms with Gasteiger partial charge in [0.05, 0.1) is 7.11 Å². The molecule has 2 aromatic carbocycles. The van der Waals surface area contributed by atoms with Crippen molar-refractivity contribution >= 4 is 5.91 Å². The highest BCUT2D eigenvalue weighted by atomic mass is 16.5. The molecule has 5 heteroatoms. The molecule has 0 saturated carbocycles. The lowest BCUT2D eigenvalue weighted by Gasteiger charge is -2.14. The quantitative estimate of drug-likeness (QED) is 0.579. The van der Waals surface area contributed by atoms with Crippen molar-refractivity contribution in [2.75, 3.05) is 13.7 Å². The minimum atomic E-state index is -0.349. The standard InChI is InChI=1S/C25H28N2O3/c1-3-4-16-27-18-20(21-12-8-9-13-23(21)30-2)17-22(25(27)29)24(28)26-15-14-19-10-6-5-7-11-19/h5-13,17-18H,3-4,14-16H2,1-2H3,(H,26,28). The lowest BCUT2D eigenvalue weighted by atomic mass is 10.0. The number of carbonyl (C=O) groups is 1. The smallest absolute Gasteiger partial charge is 0.263 e. The highest BCUT2D eigenvalue weighted by molar-refractivity contribution is 5.95. The molecule has 1 N–H and O–H groups in total. The number of nitrogens with one attached hydrogen (secondary N) is 1. The maximum absolute atomic E-state index is 13.0. The number of ether oxygens (including phenoxy) is 1. The highest BCUT2D eigenvalue weighted by Gasteiger charge is 2.16. The fourth-order valence-corrected chi connectivity index (χ4v) is 3.38. The van der Waals surface area contributed by atoms with Crippen LogP contribution < -0.4 is 15.6 Å². The van der Waals surface area contributed by atoms with E-state index in [0.717, 1.165) is 29.5 Å². The molecule has 0 aliphatic rings. The predicted octanol–water partition coefficient (Wildman–Crippen LogP) is 4.30. The molecule has 3 aromatic rings. The normalized spacial score (nSPS) is 10.6. The largest absolute Gasteiger partial charge is 0.496 e. The summed E-state index contributed by atoms with van der Waals surface area (Å²) in [5.74, 6) is 0.353. The van der Waals surface area contributed by atoms with Crippen LogP contribution in [0.1, 0.15) is 35.7 Å². The number of para-hydroxylation sites is 1. The number of hydrogen-bond donors (Lipinski definition) is 1. The third-order valence-corrected chi connectivity index (χ3v) is 5.04. The Hall–Kier alpha value is -3.34. The molecule has 1 aromatic heterocycles. The van der Waals surface area contributed by atoms with Crippen LogP contribution in [0.2, 0.25) is 0 Å². The van der Waals surface area contributed by atoms with Crippen LogP contribution in [0.25, 0.3) is 11.1 Å². The van der Waals surface area contributed by atoms with E-state index in [9.17, 15) is 9.59 Å². The Labute approximate surface area is 177 Å². The van der Waals surface area contributed by atoms with E-state index in [2.05, 4.69) is 12.2 Å². The predicted molar refractivity (Wildman–Crippen MR) is 120 cm³/mol. The number of aryl methyl sites for hydroxylation is 1. The first-order valence-electron chi connectivity index (χ1n) is 10.3. The third-order valence-electron chi connectivity index (χ3n) is 5.04. The van der Waals surface area contributed by atoms with Gasteiger partial charge in [0.25, 0.3) is 11.5 Å². The maximum Gasteiger partial charge on any atom is 0.263 e. The van der Waals surface area contributed by atoms with Crippen LogP contribution in [-0.2, 0) is 13.0 Å². The fourth-order valence-electron chi connectivity index (χ4n) is 3.38. The molecule has 156 valence electrons. The number of hydrogen-bond acceptors (Lipinski definition) is 3. The zero-order chi connectivity index (χ0) is 21.3. The van der Waals surface area contributed by atoms with E-state index in [1.54, 1.807) is 17.7 Å². The second-order valence-electron chi connectivity index (χ2n) is 7.19. The summed E-state index contributed by atoms with van der Waals surface area (Å²) in [5.41, 5.74) is 2.67. The first kappa shape index (κ1) is 21.4. The van der Waals surface area contributed by atoms with E-state index in [4.69, 9.17) is 4.74 Å². The molecule has 0 unspecified atom stereocenters. The molecule has 1 amide bonds. The van der Waals surface area contributed by atoms with Gasteiger partial charge < -0.3 is 14.6 Å². The van der Waals surface area contributed by atoms with Gasteiger partial charge in [-0.05, 0) is 30.5 Å². The van der Waals surface area contributed by atoms with Gasteiger partial charge in [-0.15, -0.1) is 0 Å². The maximum atomic E-state index is 13.0. The number of rotatable bonds is 9. The van der Waals surface area contributed by atoms with Crippen molar-refractivity contribution in [3.05, 3.63) is 88.3 Å². The van der Waals surface area contributed by atoms with E-state index >= 15 is 0 Å². The van der Waals surface area contributed by atoms with Crippen LogP contribution in [0, 0.1) is 0 Å². The molecule has 0 radical (unpaired) electrons. The van der Waals surface area contributed by atoms with E-state index in [0.29, 0.717) is 25.3 Å². The molecule has 0 spiro atoms. The van der Waals surface area contributed by atoms with Crippen molar-refractivity contribution in [3.8, 4) is 16.9 Å². The number of pyridine rings is 1. The topological polar surface area (TPSA) is 60.3 Å². The van der Waals surface area contributed by atoms with Crippen molar-refractivity contribution in [2.24, 2.45) is 0 Å². The molecular weight excluding hydrogens is 376 g/mol. The first-order valence-corrected chi connectivity index (χ1v) is 10.3. The van der Waals surface area contributed by atoms with Crippen LogP contribution in [0.3, 0.4) is 0 Å². The number of benzene rings is 2. The number of aromatic nitrogens is 1. The Morgan fingerprint density at radius 1 is 1.07 bits per heavy atom. The van der Waals surface area contributed by atoms with Gasteiger partial charge in [-0.1, -0.05) is 61.9 Å². The SMILES string of the molecule is CCCCn1cc(-c2ccccc2OC)cc(C(=O)NCCc2ccccc2)c1=O. The van der Waals surface area contributed by atoms with Crippen molar-refractivity contribution in [1.82, 2.24) is 9.88 Å². The summed E-state index contributed by atoms with van der Waals surface area (Å²) in [5, 5.41) is 2.90. The van der Waals surface area contributed by atoms with E-state index < -0.39 is 0 Å². The van der Waals surface area contributed by atoms with Crippen LogP contribution in [-0.4, -0.2) is 24.1 Å². The van der Waals surface area contributed by atoms with Crippen LogP contribution in [0.5, 0.6) is 5.75 Å². The second kappa shape index (κ2) is 10.4. The molecular formula is C25H28N2O3. The van der Waals surface area contributed by atoms with Crippen molar-refractivity contribution in [2.45, 2.75) is 32.7 Å². The van der Waals surface area contributed by atoms with Gasteiger partial charge in [0, 0.05) is 30.4 Å². The summed E-state index contributed by atoms with van der Waals surface area (Å²) in [6.07, 6.45) is 4.35. The molecule has 0 bridgehead atoms. The lowest BCUT2D eigenvalue weighted by Crippen LogP contribution is -2.34. The van der Waals surface area contributed by atoms with Crippen molar-refractivity contribution in [3.63, 3.8) is 0 Å². The summed E-state index contributed by atoms with van der Waals surface area (Å²) in [6.45, 7) is 3.12. The monoisotopic (exact) mass is 404 g/mol. The molecule has 0 aliphatic carbocycles. The van der Waals surface area contributed by atoms with Gasteiger partial charge in [0.2, 0.25) is 0 Å². The van der Waals surface area contributed by atoms with Crippen LogP contribution in [0.15, 0.2) is 71.7 Å². The lowest BCUT2D eigenvalue weighted by molar-refractivity contribution is 0.0952. The summed E-state index contributed by atoms with van der Waals surface area (Å²) >= 11 is 0. The second-order valence-corrected chi connectivity index (χ2v) is 7.19. The molecule has 0 aliphatic heterocycles. The zero-order valence-electron chi connectivity index (χ0n) is 17.6. The van der Waals surface area contributed by atoms with Gasteiger partial charge in [0.1, 0.15) is 11.3 Å². The van der Waals surface area contributed by atoms with Gasteiger partial charge in [-0.3, -0.25) is 9.59 Å². The summed E-state index contributed by atoms with van der Waals surface area (Å²) < 4.78 is 7.11. The van der Waals surface area contributed by atoms with E-state index in [-0.39, 0.29) is 17.0 Å². The molecule has 1 heterocycles. The summed E-state index contributed by atoms with van der Waals surface area (Å²) in [6, 6.07) is 19.2. The van der Waals surface area contributed by atoms with Crippen molar-refractivity contribution < 1.29 is 9.53 Å². The molecule has 0 atom stereocenters. The molecule has 5 nitrogen and oxygen atoms in total. The Balaban J connectivity index is 1.90. The fraction of sp³-hybridized carbons (Fsp3) is 0.280. The van der Waals surface area contributed by atoms with Gasteiger partial charge in [-0.2, -0.15) is 0 Å². The van der Waals surface area contributed by atoms with E-state index in [1.165, 1.54) is 0 Å². The van der Waals surface area contributed by atoms with Crippen LogP contribution >= 0.6 is 0 Å². The summed E-state index contributed by atoms with van der Waals surface area (Å²) in [7, 11) is 1.61. The Kier molecular flexibility index (Phi) is 7.44. The average Bonchev–Trinajstić information content (AvgIpc) is 2.79. The van der Waals surface area contributed by atoms with Crippen LogP contribution in [0.4, 0.5) is 0 Å². The molecule has 30 heavy (non-hydrogen) atoms. The zero-order valence-corrected chi connectivity index (χ0v) is 17.6. The molecule has 0 saturated heterocycles. The number of unbranched alkanes of at least 4 members (excludes halogenated alkanes) is 1. The van der Waals surface area contributed by atoms with Gasteiger partial charge in [-0.25, -0.2) is 0 Å². The van der Waals surface area contributed by atoms with Gasteiger partial charge in [0.15, 0.2) is 0 Å². The third kappa shape index (κ3) is 5.17. The minimum absolute atomic E-state index is 0.155. The van der Waals surface area contributed by atoms with Crippen molar-refractivity contribution in [1.29, 1.82) is 0 Å². The number of carbonyl (C=O) groups excluding carboxylic acids is 1. The number of nitrogens with zero attached hydrogens (tertiary/aromatic N) is 1. The van der Waals surface area contributed by atoms with Gasteiger partial charge >= 0.3 is 0 Å². The summed E-state index contributed by atoms with van der Waals surface area (Å²) in [4.78, 5) is 25.8. The van der Waals surface area contributed by atoms with E-state index in [1.807, 2.05) is 60.8 Å². The number of amides is 1. The minimum Gasteiger partial charge on any atom is -0.496 e. The Morgan fingerprint density at radius 2 is 1.80 bits per heavy atom. The first-order chi connectivity index (χ1) is 14.6. The highest BCUT2D eigenvalue weighted by Crippen LogP contribution is 2.29.